The van der Waals surface area contributed by atoms with Crippen molar-refractivity contribution in [2.24, 2.45) is 11.7 Å². The normalized spacial score (nSPS) is 25.9. The average Bonchev–Trinajstić information content (AvgIpc) is 2.52. The van der Waals surface area contributed by atoms with Crippen molar-refractivity contribution in [2.75, 3.05) is 26.8 Å². The molecule has 1 fully saturated rings. The highest BCUT2D eigenvalue weighted by Crippen LogP contribution is 2.23. The SMILES string of the molecule is COCC(N)CN1CCCC1C(C)C. The third-order valence-electron chi connectivity index (χ3n) is 3.03. The molecule has 0 radical (unpaired) electrons. The maximum absolute atomic E-state index is 5.96. The lowest BCUT2D eigenvalue weighted by atomic mass is 10.0. The van der Waals surface area contributed by atoms with Crippen molar-refractivity contribution < 1.29 is 4.74 Å². The van der Waals surface area contributed by atoms with Crippen LogP contribution in [0.15, 0.2) is 0 Å². The van der Waals surface area contributed by atoms with E-state index in [0.717, 1.165) is 18.5 Å². The minimum atomic E-state index is 0.166. The molecule has 1 aliphatic rings. The van der Waals surface area contributed by atoms with Gasteiger partial charge in [-0.2, -0.15) is 0 Å². The van der Waals surface area contributed by atoms with Crippen molar-refractivity contribution in [1.82, 2.24) is 4.90 Å². The van der Waals surface area contributed by atoms with E-state index in [1.807, 2.05) is 0 Å². The summed E-state index contributed by atoms with van der Waals surface area (Å²) >= 11 is 0. The quantitative estimate of drug-likeness (QED) is 0.722. The zero-order valence-corrected chi connectivity index (χ0v) is 9.70. The number of ether oxygens (including phenoxy) is 1. The average molecular weight is 200 g/mol. The highest BCUT2D eigenvalue weighted by Gasteiger charge is 2.27. The molecule has 1 aliphatic heterocycles. The maximum atomic E-state index is 5.96. The van der Waals surface area contributed by atoms with Crippen molar-refractivity contribution in [3.05, 3.63) is 0 Å². The molecule has 0 aliphatic carbocycles. The van der Waals surface area contributed by atoms with Crippen LogP contribution < -0.4 is 5.73 Å². The number of methoxy groups -OCH3 is 1. The van der Waals surface area contributed by atoms with E-state index in [-0.39, 0.29) is 6.04 Å². The molecule has 2 atom stereocenters. The Labute approximate surface area is 87.6 Å². The zero-order chi connectivity index (χ0) is 10.6. The Kier molecular flexibility index (Phi) is 4.85. The van der Waals surface area contributed by atoms with Gasteiger partial charge in [0.1, 0.15) is 0 Å². The van der Waals surface area contributed by atoms with Crippen LogP contribution in [0.25, 0.3) is 0 Å². The molecule has 0 bridgehead atoms. The zero-order valence-electron chi connectivity index (χ0n) is 9.70. The molecule has 14 heavy (non-hydrogen) atoms. The molecule has 2 N–H and O–H groups in total. The third kappa shape index (κ3) is 3.23. The molecule has 1 rings (SSSR count). The van der Waals surface area contributed by atoms with Crippen molar-refractivity contribution in [2.45, 2.75) is 38.8 Å². The molecule has 0 spiro atoms. The summed E-state index contributed by atoms with van der Waals surface area (Å²) in [6, 6.07) is 0.900. The van der Waals surface area contributed by atoms with Gasteiger partial charge in [0.2, 0.25) is 0 Å². The van der Waals surface area contributed by atoms with Crippen molar-refractivity contribution in [3.63, 3.8) is 0 Å². The predicted molar refractivity (Wildman–Crippen MR) is 59.3 cm³/mol. The van der Waals surface area contributed by atoms with Crippen LogP contribution in [-0.2, 0) is 4.74 Å². The lowest BCUT2D eigenvalue weighted by Gasteiger charge is -2.29. The number of hydrogen-bond acceptors (Lipinski definition) is 3. The van der Waals surface area contributed by atoms with Crippen LogP contribution in [0.3, 0.4) is 0 Å². The highest BCUT2D eigenvalue weighted by atomic mass is 16.5. The van der Waals surface area contributed by atoms with Crippen LogP contribution in [0.2, 0.25) is 0 Å². The Morgan fingerprint density at radius 1 is 1.50 bits per heavy atom. The lowest BCUT2D eigenvalue weighted by Crippen LogP contribution is -2.44. The Hall–Kier alpha value is -0.120. The van der Waals surface area contributed by atoms with Gasteiger partial charge in [-0.25, -0.2) is 0 Å². The van der Waals surface area contributed by atoms with Crippen molar-refractivity contribution >= 4 is 0 Å². The number of nitrogens with zero attached hydrogens (tertiary/aromatic N) is 1. The van der Waals surface area contributed by atoms with E-state index in [1.165, 1.54) is 19.4 Å². The Bertz CT molecular complexity index is 161. The standard InChI is InChI=1S/C11H24N2O/c1-9(2)11-5-4-6-13(11)7-10(12)8-14-3/h9-11H,4-8,12H2,1-3H3. The van der Waals surface area contributed by atoms with E-state index >= 15 is 0 Å². The molecule has 0 aromatic rings. The first-order valence-electron chi connectivity index (χ1n) is 5.63. The van der Waals surface area contributed by atoms with Crippen molar-refractivity contribution in [1.29, 1.82) is 0 Å². The molecule has 1 saturated heterocycles. The largest absolute Gasteiger partial charge is 0.383 e. The topological polar surface area (TPSA) is 38.5 Å². The van der Waals surface area contributed by atoms with Gasteiger partial charge in [-0.1, -0.05) is 13.8 Å². The van der Waals surface area contributed by atoms with Crippen LogP contribution in [0.5, 0.6) is 0 Å². The first-order chi connectivity index (χ1) is 6.65. The molecule has 0 amide bonds. The Balaban J connectivity index is 2.35. The van der Waals surface area contributed by atoms with Gasteiger partial charge in [0, 0.05) is 25.7 Å². The fraction of sp³-hybridized carbons (Fsp3) is 1.00. The molecular formula is C11H24N2O. The van der Waals surface area contributed by atoms with Crippen LogP contribution in [0, 0.1) is 5.92 Å². The van der Waals surface area contributed by atoms with E-state index in [1.54, 1.807) is 7.11 Å². The maximum Gasteiger partial charge on any atom is 0.0626 e. The summed E-state index contributed by atoms with van der Waals surface area (Å²) in [6.45, 7) is 7.45. The molecule has 3 heteroatoms. The third-order valence-corrected chi connectivity index (χ3v) is 3.03. The Morgan fingerprint density at radius 2 is 2.21 bits per heavy atom. The van der Waals surface area contributed by atoms with Gasteiger partial charge in [0.15, 0.2) is 0 Å². The van der Waals surface area contributed by atoms with E-state index in [2.05, 4.69) is 18.7 Å². The van der Waals surface area contributed by atoms with Crippen LogP contribution in [-0.4, -0.2) is 43.8 Å². The summed E-state index contributed by atoms with van der Waals surface area (Å²) in [5.74, 6) is 0.743. The lowest BCUT2D eigenvalue weighted by molar-refractivity contribution is 0.137. The second kappa shape index (κ2) is 5.69. The summed E-state index contributed by atoms with van der Waals surface area (Å²) in [5, 5.41) is 0. The minimum Gasteiger partial charge on any atom is -0.383 e. The monoisotopic (exact) mass is 200 g/mol. The van der Waals surface area contributed by atoms with Gasteiger partial charge in [-0.3, -0.25) is 4.90 Å². The molecule has 0 saturated carbocycles. The summed E-state index contributed by atoms with van der Waals surface area (Å²) in [5.41, 5.74) is 5.96. The van der Waals surface area contributed by atoms with E-state index < -0.39 is 0 Å². The molecular weight excluding hydrogens is 176 g/mol. The van der Waals surface area contributed by atoms with Crippen LogP contribution in [0.1, 0.15) is 26.7 Å². The minimum absolute atomic E-state index is 0.166. The second-order valence-corrected chi connectivity index (χ2v) is 4.66. The predicted octanol–water partition coefficient (Wildman–Crippen LogP) is 1.08. The number of likely N-dealkylation sites (tertiary alicyclic amines) is 1. The first-order valence-corrected chi connectivity index (χ1v) is 5.63. The summed E-state index contributed by atoms with van der Waals surface area (Å²) in [4.78, 5) is 2.52. The molecule has 3 nitrogen and oxygen atoms in total. The smallest absolute Gasteiger partial charge is 0.0626 e. The summed E-state index contributed by atoms with van der Waals surface area (Å²) in [6.07, 6.45) is 2.65. The van der Waals surface area contributed by atoms with Crippen LogP contribution >= 0.6 is 0 Å². The van der Waals surface area contributed by atoms with Crippen molar-refractivity contribution in [3.8, 4) is 0 Å². The molecule has 1 heterocycles. The van der Waals surface area contributed by atoms with Gasteiger partial charge in [0.25, 0.3) is 0 Å². The molecule has 0 aromatic heterocycles. The van der Waals surface area contributed by atoms with E-state index in [4.69, 9.17) is 10.5 Å². The number of hydrogen-bond donors (Lipinski definition) is 1. The highest BCUT2D eigenvalue weighted by molar-refractivity contribution is 4.83. The summed E-state index contributed by atoms with van der Waals surface area (Å²) < 4.78 is 5.06. The van der Waals surface area contributed by atoms with Gasteiger partial charge in [-0.15, -0.1) is 0 Å². The fourth-order valence-electron chi connectivity index (χ4n) is 2.40. The van der Waals surface area contributed by atoms with Gasteiger partial charge in [0.05, 0.1) is 6.61 Å². The number of rotatable bonds is 5. The molecule has 0 aromatic carbocycles. The van der Waals surface area contributed by atoms with Crippen LogP contribution in [0.4, 0.5) is 0 Å². The fourth-order valence-corrected chi connectivity index (χ4v) is 2.40. The number of nitrogens with two attached hydrogens (primary N) is 1. The van der Waals surface area contributed by atoms with Gasteiger partial charge < -0.3 is 10.5 Å². The molecule has 2 unspecified atom stereocenters. The van der Waals surface area contributed by atoms with Gasteiger partial charge >= 0.3 is 0 Å². The van der Waals surface area contributed by atoms with Gasteiger partial charge in [-0.05, 0) is 25.3 Å². The Morgan fingerprint density at radius 3 is 2.79 bits per heavy atom. The first kappa shape index (κ1) is 12.0. The van der Waals surface area contributed by atoms with E-state index in [9.17, 15) is 0 Å². The molecule has 84 valence electrons. The van der Waals surface area contributed by atoms with E-state index in [0.29, 0.717) is 6.61 Å². The summed E-state index contributed by atoms with van der Waals surface area (Å²) in [7, 11) is 1.71. The second-order valence-electron chi connectivity index (χ2n) is 4.66.